The Labute approximate surface area is 111 Å². The van der Waals surface area contributed by atoms with Crippen LogP contribution in [0, 0.1) is 0 Å². The average Bonchev–Trinajstić information content (AvgIpc) is 2.87. The summed E-state index contributed by atoms with van der Waals surface area (Å²) in [5.41, 5.74) is 0.789. The maximum atomic E-state index is 11.9. The van der Waals surface area contributed by atoms with Gasteiger partial charge in [-0.05, 0) is 31.2 Å². The van der Waals surface area contributed by atoms with Gasteiger partial charge < -0.3 is 9.32 Å². The lowest BCUT2D eigenvalue weighted by Crippen LogP contribution is -2.25. The van der Waals surface area contributed by atoms with Crippen molar-refractivity contribution in [1.29, 1.82) is 0 Å². The Morgan fingerprint density at radius 1 is 1.28 bits per heavy atom. The van der Waals surface area contributed by atoms with Crippen LogP contribution in [0.2, 0.25) is 5.02 Å². The Hall–Kier alpha value is -1.74. The van der Waals surface area contributed by atoms with Gasteiger partial charge >= 0.3 is 0 Å². The van der Waals surface area contributed by atoms with Crippen molar-refractivity contribution in [2.75, 3.05) is 13.6 Å². The van der Waals surface area contributed by atoms with Crippen molar-refractivity contribution in [2.45, 2.75) is 6.92 Å². The van der Waals surface area contributed by atoms with Crippen LogP contribution in [0.5, 0.6) is 0 Å². The van der Waals surface area contributed by atoms with Crippen molar-refractivity contribution in [2.24, 2.45) is 0 Å². The summed E-state index contributed by atoms with van der Waals surface area (Å²) in [5, 5.41) is 0.606. The second kappa shape index (κ2) is 5.27. The fourth-order valence-electron chi connectivity index (χ4n) is 1.59. The second-order valence-electron chi connectivity index (χ2n) is 3.96. The van der Waals surface area contributed by atoms with E-state index >= 15 is 0 Å². The van der Waals surface area contributed by atoms with Crippen molar-refractivity contribution in [3.8, 4) is 11.3 Å². The molecule has 2 rings (SSSR count). The molecule has 94 valence electrons. The van der Waals surface area contributed by atoms with Gasteiger partial charge in [0.15, 0.2) is 5.76 Å². The van der Waals surface area contributed by atoms with Gasteiger partial charge in [0.1, 0.15) is 5.76 Å². The van der Waals surface area contributed by atoms with Gasteiger partial charge in [0, 0.05) is 19.2 Å². The van der Waals surface area contributed by atoms with E-state index in [0.29, 0.717) is 23.1 Å². The lowest BCUT2D eigenvalue weighted by Gasteiger charge is -2.11. The van der Waals surface area contributed by atoms with Gasteiger partial charge in [-0.2, -0.15) is 0 Å². The van der Waals surface area contributed by atoms with Crippen molar-refractivity contribution in [1.82, 2.24) is 4.90 Å². The molecule has 0 aliphatic carbocycles. The monoisotopic (exact) mass is 263 g/mol. The molecular weight excluding hydrogens is 250 g/mol. The molecule has 0 aliphatic heterocycles. The topological polar surface area (TPSA) is 33.5 Å². The molecule has 3 nitrogen and oxygen atoms in total. The van der Waals surface area contributed by atoms with Crippen molar-refractivity contribution >= 4 is 17.5 Å². The molecule has 0 N–H and O–H groups in total. The van der Waals surface area contributed by atoms with Crippen LogP contribution >= 0.6 is 11.6 Å². The highest BCUT2D eigenvalue weighted by molar-refractivity contribution is 6.33. The Morgan fingerprint density at radius 3 is 2.67 bits per heavy atom. The molecule has 1 amide bonds. The Bertz CT molecular complexity index is 562. The summed E-state index contributed by atoms with van der Waals surface area (Å²) >= 11 is 6.08. The molecule has 1 aromatic carbocycles. The smallest absolute Gasteiger partial charge is 0.289 e. The molecule has 0 radical (unpaired) electrons. The molecule has 0 unspecified atom stereocenters. The van der Waals surface area contributed by atoms with Gasteiger partial charge in [0.25, 0.3) is 5.91 Å². The number of nitrogens with zero attached hydrogens (tertiary/aromatic N) is 1. The molecule has 0 fully saturated rings. The molecule has 18 heavy (non-hydrogen) atoms. The minimum absolute atomic E-state index is 0.129. The predicted molar refractivity (Wildman–Crippen MR) is 71.8 cm³/mol. The van der Waals surface area contributed by atoms with Crippen LogP contribution in [0.4, 0.5) is 0 Å². The molecule has 0 atom stereocenters. The number of rotatable bonds is 3. The third-order valence-corrected chi connectivity index (χ3v) is 3.11. The summed E-state index contributed by atoms with van der Waals surface area (Å²) < 4.78 is 5.56. The molecule has 4 heteroatoms. The van der Waals surface area contributed by atoms with Crippen molar-refractivity contribution in [3.05, 3.63) is 47.2 Å². The summed E-state index contributed by atoms with van der Waals surface area (Å²) in [7, 11) is 1.74. The average molecular weight is 264 g/mol. The van der Waals surface area contributed by atoms with Gasteiger partial charge in [-0.25, -0.2) is 0 Å². The van der Waals surface area contributed by atoms with Gasteiger partial charge in [0.2, 0.25) is 0 Å². The number of furan rings is 1. The number of hydrogen-bond donors (Lipinski definition) is 0. The third kappa shape index (κ3) is 2.41. The Balaban J connectivity index is 2.32. The lowest BCUT2D eigenvalue weighted by molar-refractivity contribution is 0.0772. The summed E-state index contributed by atoms with van der Waals surface area (Å²) in [5.74, 6) is 0.804. The normalized spacial score (nSPS) is 10.4. The largest absolute Gasteiger partial charge is 0.451 e. The number of hydrogen-bond acceptors (Lipinski definition) is 2. The highest BCUT2D eigenvalue weighted by Crippen LogP contribution is 2.29. The number of carbonyl (C=O) groups excluding carboxylic acids is 1. The van der Waals surface area contributed by atoms with Crippen LogP contribution in [0.25, 0.3) is 11.3 Å². The maximum absolute atomic E-state index is 11.9. The van der Waals surface area contributed by atoms with E-state index in [4.69, 9.17) is 16.0 Å². The highest BCUT2D eigenvalue weighted by Gasteiger charge is 2.16. The zero-order valence-electron chi connectivity index (χ0n) is 10.3. The SMILES string of the molecule is CCN(C)C(=O)c1ccc(-c2ccccc2Cl)o1. The van der Waals surface area contributed by atoms with E-state index in [9.17, 15) is 4.79 Å². The van der Waals surface area contributed by atoms with Crippen molar-refractivity contribution < 1.29 is 9.21 Å². The summed E-state index contributed by atoms with van der Waals surface area (Å²) in [6, 6.07) is 10.8. The first-order valence-electron chi connectivity index (χ1n) is 5.73. The van der Waals surface area contributed by atoms with E-state index in [1.807, 2.05) is 25.1 Å². The van der Waals surface area contributed by atoms with Crippen LogP contribution < -0.4 is 0 Å². The molecule has 0 saturated carbocycles. The van der Waals surface area contributed by atoms with E-state index in [-0.39, 0.29) is 5.91 Å². The number of halogens is 1. The summed E-state index contributed by atoms with van der Waals surface area (Å²) in [6.07, 6.45) is 0. The van der Waals surface area contributed by atoms with Crippen LogP contribution in [0.3, 0.4) is 0 Å². The third-order valence-electron chi connectivity index (χ3n) is 2.78. The molecule has 1 heterocycles. The second-order valence-corrected chi connectivity index (χ2v) is 4.37. The first kappa shape index (κ1) is 12.7. The fourth-order valence-corrected chi connectivity index (χ4v) is 1.82. The van der Waals surface area contributed by atoms with E-state index in [0.717, 1.165) is 5.56 Å². The summed E-state index contributed by atoms with van der Waals surface area (Å²) in [6.45, 7) is 2.55. The summed E-state index contributed by atoms with van der Waals surface area (Å²) in [4.78, 5) is 13.5. The standard InChI is InChI=1S/C14H14ClNO2/c1-3-16(2)14(17)13-9-8-12(18-13)10-6-4-5-7-11(10)15/h4-9H,3H2,1-2H3. The van der Waals surface area contributed by atoms with Crippen LogP contribution in [0.15, 0.2) is 40.8 Å². The molecule has 0 spiro atoms. The van der Waals surface area contributed by atoms with E-state index in [1.165, 1.54) is 0 Å². The van der Waals surface area contributed by atoms with Gasteiger partial charge in [-0.1, -0.05) is 23.7 Å². The molecule has 0 aliphatic rings. The molecule has 2 aromatic rings. The molecule has 1 aromatic heterocycles. The van der Waals surface area contributed by atoms with Crippen LogP contribution in [-0.2, 0) is 0 Å². The molecule has 0 saturated heterocycles. The first-order chi connectivity index (χ1) is 8.63. The first-order valence-corrected chi connectivity index (χ1v) is 6.11. The lowest BCUT2D eigenvalue weighted by atomic mass is 10.2. The quantitative estimate of drug-likeness (QED) is 0.846. The van der Waals surface area contributed by atoms with Gasteiger partial charge in [-0.3, -0.25) is 4.79 Å². The van der Waals surface area contributed by atoms with E-state index in [2.05, 4.69) is 0 Å². The van der Waals surface area contributed by atoms with Gasteiger partial charge in [0.05, 0.1) is 5.02 Å². The number of amides is 1. The maximum Gasteiger partial charge on any atom is 0.289 e. The zero-order chi connectivity index (χ0) is 13.1. The minimum Gasteiger partial charge on any atom is -0.451 e. The minimum atomic E-state index is -0.129. The fraction of sp³-hybridized carbons (Fsp3) is 0.214. The van der Waals surface area contributed by atoms with Crippen molar-refractivity contribution in [3.63, 3.8) is 0 Å². The predicted octanol–water partition coefficient (Wildman–Crippen LogP) is 3.69. The van der Waals surface area contributed by atoms with Gasteiger partial charge in [-0.15, -0.1) is 0 Å². The molecular formula is C14H14ClNO2. The van der Waals surface area contributed by atoms with E-state index < -0.39 is 0 Å². The zero-order valence-corrected chi connectivity index (χ0v) is 11.1. The number of benzene rings is 1. The highest BCUT2D eigenvalue weighted by atomic mass is 35.5. The Morgan fingerprint density at radius 2 is 2.00 bits per heavy atom. The molecule has 0 bridgehead atoms. The Kier molecular flexibility index (Phi) is 3.72. The number of carbonyl (C=O) groups is 1. The van der Waals surface area contributed by atoms with Crippen LogP contribution in [-0.4, -0.2) is 24.4 Å². The van der Waals surface area contributed by atoms with Crippen LogP contribution in [0.1, 0.15) is 17.5 Å². The van der Waals surface area contributed by atoms with E-state index in [1.54, 1.807) is 30.1 Å².